The summed E-state index contributed by atoms with van der Waals surface area (Å²) in [4.78, 5) is 40.8. The minimum Gasteiger partial charge on any atom is -0.456 e. The predicted molar refractivity (Wildman–Crippen MR) is 98.2 cm³/mol. The zero-order valence-electron chi connectivity index (χ0n) is 16.3. The number of ether oxygens (including phenoxy) is 1. The number of carbonyl (C=O) groups excluding carboxylic acids is 3. The SMILES string of the molecule is Cc1cc2nc(C)c(CCC(=O)OCC(=O)NCC(=O)N(C)C)c(C)n2n1. The molecule has 9 nitrogen and oxygen atoms in total. The van der Waals surface area contributed by atoms with Gasteiger partial charge in [0.1, 0.15) is 0 Å². The van der Waals surface area contributed by atoms with Gasteiger partial charge in [-0.15, -0.1) is 0 Å². The topological polar surface area (TPSA) is 106 Å². The van der Waals surface area contributed by atoms with Gasteiger partial charge < -0.3 is 15.0 Å². The van der Waals surface area contributed by atoms with Gasteiger partial charge in [0, 0.05) is 38.0 Å². The zero-order chi connectivity index (χ0) is 20.1. The van der Waals surface area contributed by atoms with Crippen LogP contribution in [0, 0.1) is 20.8 Å². The molecule has 0 radical (unpaired) electrons. The van der Waals surface area contributed by atoms with Crippen LogP contribution in [0.1, 0.15) is 29.1 Å². The van der Waals surface area contributed by atoms with Gasteiger partial charge in [-0.05, 0) is 32.8 Å². The summed E-state index contributed by atoms with van der Waals surface area (Å²) in [5.74, 6) is -1.24. The number of nitrogens with zero attached hydrogens (tertiary/aromatic N) is 4. The maximum atomic E-state index is 11.9. The van der Waals surface area contributed by atoms with Gasteiger partial charge in [0.15, 0.2) is 12.3 Å². The van der Waals surface area contributed by atoms with Crippen LogP contribution >= 0.6 is 0 Å². The van der Waals surface area contributed by atoms with E-state index in [4.69, 9.17) is 4.74 Å². The number of hydrogen-bond acceptors (Lipinski definition) is 6. The van der Waals surface area contributed by atoms with E-state index in [1.165, 1.54) is 4.90 Å². The van der Waals surface area contributed by atoms with Gasteiger partial charge in [-0.3, -0.25) is 14.4 Å². The molecule has 0 fully saturated rings. The summed E-state index contributed by atoms with van der Waals surface area (Å²) in [5.41, 5.74) is 4.35. The first-order chi connectivity index (χ1) is 12.7. The molecule has 27 heavy (non-hydrogen) atoms. The summed E-state index contributed by atoms with van der Waals surface area (Å²) < 4.78 is 6.73. The van der Waals surface area contributed by atoms with Crippen LogP contribution in [-0.4, -0.2) is 64.5 Å². The van der Waals surface area contributed by atoms with E-state index < -0.39 is 18.5 Å². The number of fused-ring (bicyclic) bond motifs is 1. The molecule has 0 atom stereocenters. The molecule has 2 aromatic rings. The molecule has 0 saturated heterocycles. The highest BCUT2D eigenvalue weighted by atomic mass is 16.5. The average Bonchev–Trinajstić information content (AvgIpc) is 2.97. The summed E-state index contributed by atoms with van der Waals surface area (Å²) >= 11 is 0. The third-order valence-corrected chi connectivity index (χ3v) is 4.17. The summed E-state index contributed by atoms with van der Waals surface area (Å²) in [7, 11) is 3.19. The van der Waals surface area contributed by atoms with Crippen molar-refractivity contribution >= 4 is 23.4 Å². The largest absolute Gasteiger partial charge is 0.456 e. The van der Waals surface area contributed by atoms with Crippen molar-refractivity contribution in [2.24, 2.45) is 0 Å². The van der Waals surface area contributed by atoms with Crippen molar-refractivity contribution in [3.05, 3.63) is 28.7 Å². The fourth-order valence-electron chi connectivity index (χ4n) is 2.63. The van der Waals surface area contributed by atoms with Gasteiger partial charge >= 0.3 is 5.97 Å². The van der Waals surface area contributed by atoms with Crippen LogP contribution in [0.3, 0.4) is 0 Å². The fourth-order valence-corrected chi connectivity index (χ4v) is 2.63. The number of rotatable bonds is 7. The molecule has 0 unspecified atom stereocenters. The lowest BCUT2D eigenvalue weighted by Crippen LogP contribution is -2.38. The third-order valence-electron chi connectivity index (χ3n) is 4.17. The first-order valence-electron chi connectivity index (χ1n) is 8.64. The highest BCUT2D eigenvalue weighted by Gasteiger charge is 2.14. The van der Waals surface area contributed by atoms with Crippen molar-refractivity contribution in [2.45, 2.75) is 33.6 Å². The molecule has 2 amide bonds. The molecule has 0 aliphatic rings. The summed E-state index contributed by atoms with van der Waals surface area (Å²) in [6, 6.07) is 1.90. The molecular weight excluding hydrogens is 350 g/mol. The monoisotopic (exact) mass is 375 g/mol. The Morgan fingerprint density at radius 3 is 2.59 bits per heavy atom. The van der Waals surface area contributed by atoms with Gasteiger partial charge in [0.25, 0.3) is 5.91 Å². The smallest absolute Gasteiger partial charge is 0.306 e. The maximum Gasteiger partial charge on any atom is 0.306 e. The first-order valence-corrected chi connectivity index (χ1v) is 8.64. The van der Waals surface area contributed by atoms with Crippen molar-refractivity contribution in [3.8, 4) is 0 Å². The van der Waals surface area contributed by atoms with Crippen LogP contribution < -0.4 is 5.32 Å². The summed E-state index contributed by atoms with van der Waals surface area (Å²) in [5, 5.41) is 6.81. The number of nitrogens with one attached hydrogen (secondary N) is 1. The summed E-state index contributed by atoms with van der Waals surface area (Å²) in [6.45, 7) is 5.19. The lowest BCUT2D eigenvalue weighted by atomic mass is 10.1. The van der Waals surface area contributed by atoms with Crippen molar-refractivity contribution < 1.29 is 19.1 Å². The molecule has 2 rings (SSSR count). The van der Waals surface area contributed by atoms with E-state index in [1.807, 2.05) is 26.8 Å². The van der Waals surface area contributed by atoms with E-state index in [1.54, 1.807) is 18.6 Å². The Kier molecular flexibility index (Phi) is 6.49. The Morgan fingerprint density at radius 1 is 1.22 bits per heavy atom. The van der Waals surface area contributed by atoms with Gasteiger partial charge in [0.2, 0.25) is 5.91 Å². The Morgan fingerprint density at radius 2 is 1.93 bits per heavy atom. The van der Waals surface area contributed by atoms with Crippen LogP contribution in [0.15, 0.2) is 6.07 Å². The molecule has 0 bridgehead atoms. The Hall–Kier alpha value is -2.97. The van der Waals surface area contributed by atoms with E-state index >= 15 is 0 Å². The van der Waals surface area contributed by atoms with E-state index in [0.717, 1.165) is 28.3 Å². The van der Waals surface area contributed by atoms with E-state index in [2.05, 4.69) is 15.4 Å². The van der Waals surface area contributed by atoms with E-state index in [9.17, 15) is 14.4 Å². The molecule has 0 spiro atoms. The second kappa shape index (κ2) is 8.61. The molecule has 9 heteroatoms. The van der Waals surface area contributed by atoms with Crippen LogP contribution in [-0.2, 0) is 25.5 Å². The van der Waals surface area contributed by atoms with Crippen LogP contribution in [0.5, 0.6) is 0 Å². The number of aryl methyl sites for hydroxylation is 3. The Labute approximate surface area is 157 Å². The average molecular weight is 375 g/mol. The number of amides is 2. The molecule has 146 valence electrons. The lowest BCUT2D eigenvalue weighted by Gasteiger charge is -2.12. The zero-order valence-corrected chi connectivity index (χ0v) is 16.3. The Balaban J connectivity index is 1.86. The maximum absolute atomic E-state index is 11.9. The molecule has 1 N–H and O–H groups in total. The minimum atomic E-state index is -0.513. The second-order valence-electron chi connectivity index (χ2n) is 6.54. The molecule has 0 aliphatic carbocycles. The van der Waals surface area contributed by atoms with Crippen LogP contribution in [0.4, 0.5) is 0 Å². The van der Waals surface area contributed by atoms with Crippen LogP contribution in [0.2, 0.25) is 0 Å². The second-order valence-corrected chi connectivity index (χ2v) is 6.54. The molecular formula is C18H25N5O4. The molecule has 2 aromatic heterocycles. The molecule has 2 heterocycles. The minimum absolute atomic E-state index is 0.124. The van der Waals surface area contributed by atoms with Gasteiger partial charge in [0.05, 0.1) is 12.2 Å². The van der Waals surface area contributed by atoms with Gasteiger partial charge in [-0.1, -0.05) is 0 Å². The quantitative estimate of drug-likeness (QED) is 0.700. The predicted octanol–water partition coefficient (Wildman–Crippen LogP) is 0.335. The number of carbonyl (C=O) groups is 3. The van der Waals surface area contributed by atoms with Crippen molar-refractivity contribution in [1.29, 1.82) is 0 Å². The number of aromatic nitrogens is 3. The highest BCUT2D eigenvalue weighted by molar-refractivity contribution is 5.86. The van der Waals surface area contributed by atoms with E-state index in [-0.39, 0.29) is 18.9 Å². The Bertz CT molecular complexity index is 872. The van der Waals surface area contributed by atoms with Crippen molar-refractivity contribution in [1.82, 2.24) is 24.8 Å². The fraction of sp³-hybridized carbons (Fsp3) is 0.500. The molecule has 0 aliphatic heterocycles. The van der Waals surface area contributed by atoms with Crippen molar-refractivity contribution in [3.63, 3.8) is 0 Å². The lowest BCUT2D eigenvalue weighted by molar-refractivity contribution is -0.148. The number of hydrogen-bond donors (Lipinski definition) is 1. The molecule has 0 aromatic carbocycles. The van der Waals surface area contributed by atoms with Gasteiger partial charge in [-0.25, -0.2) is 9.50 Å². The normalized spacial score (nSPS) is 10.7. The number of likely N-dealkylation sites (N-methyl/N-ethyl adjacent to an activating group) is 1. The number of esters is 1. The van der Waals surface area contributed by atoms with Crippen molar-refractivity contribution in [2.75, 3.05) is 27.2 Å². The highest BCUT2D eigenvalue weighted by Crippen LogP contribution is 2.17. The third kappa shape index (κ3) is 5.25. The summed E-state index contributed by atoms with van der Waals surface area (Å²) in [6.07, 6.45) is 0.568. The standard InChI is InChI=1S/C18H25N5O4/c1-11-8-15-20-12(2)14(13(3)23(15)21-11)6-7-18(26)27-10-16(24)19-9-17(25)22(4)5/h8H,6-7,9-10H2,1-5H3,(H,19,24). The van der Waals surface area contributed by atoms with Crippen LogP contribution in [0.25, 0.3) is 5.65 Å². The van der Waals surface area contributed by atoms with Gasteiger partial charge in [-0.2, -0.15) is 5.10 Å². The van der Waals surface area contributed by atoms with E-state index in [0.29, 0.717) is 6.42 Å². The molecule has 0 saturated carbocycles. The first kappa shape index (κ1) is 20.3.